The number of nitrogens with zero attached hydrogens (tertiary/aromatic N) is 3. The Kier molecular flexibility index (Phi) is 6.07. The van der Waals surface area contributed by atoms with Crippen LogP contribution in [0.15, 0.2) is 18.5 Å². The number of nitrogens with two attached hydrogens (primary N) is 1. The third-order valence-corrected chi connectivity index (χ3v) is 4.07. The van der Waals surface area contributed by atoms with Gasteiger partial charge in [-0.3, -0.25) is 15.0 Å². The number of anilines is 1. The van der Waals surface area contributed by atoms with Gasteiger partial charge in [-0.15, -0.1) is 12.4 Å². The lowest BCUT2D eigenvalue weighted by Crippen LogP contribution is -2.56. The van der Waals surface area contributed by atoms with Crippen LogP contribution in [0.3, 0.4) is 0 Å². The van der Waals surface area contributed by atoms with Crippen LogP contribution in [-0.2, 0) is 4.79 Å². The Labute approximate surface area is 131 Å². The molecule has 7 heteroatoms. The van der Waals surface area contributed by atoms with E-state index in [2.05, 4.69) is 34.0 Å². The third-order valence-electron chi connectivity index (χ3n) is 4.07. The van der Waals surface area contributed by atoms with Crippen molar-refractivity contribution in [2.75, 3.05) is 18.4 Å². The average molecular weight is 314 g/mol. The second-order valence-electron chi connectivity index (χ2n) is 6.09. The van der Waals surface area contributed by atoms with Crippen molar-refractivity contribution in [3.8, 4) is 0 Å². The molecule has 6 nitrogen and oxygen atoms in total. The van der Waals surface area contributed by atoms with Crippen LogP contribution in [-0.4, -0.2) is 45.9 Å². The topological polar surface area (TPSA) is 84.1 Å². The average Bonchev–Trinajstić information content (AvgIpc) is 2.42. The molecule has 0 aliphatic carbocycles. The SMILES string of the molecule is CC(C(=O)Nc1ncccn1)N1CCC(N)C(C)(C)C1.Cl. The van der Waals surface area contributed by atoms with Crippen LogP contribution in [0.1, 0.15) is 27.2 Å². The number of likely N-dealkylation sites (tertiary alicyclic amines) is 1. The van der Waals surface area contributed by atoms with E-state index < -0.39 is 0 Å². The zero-order valence-corrected chi connectivity index (χ0v) is 13.6. The number of nitrogens with one attached hydrogen (secondary N) is 1. The summed E-state index contributed by atoms with van der Waals surface area (Å²) in [6.45, 7) is 7.86. The molecule has 1 aliphatic rings. The van der Waals surface area contributed by atoms with Gasteiger partial charge in [0.05, 0.1) is 6.04 Å². The molecule has 1 fully saturated rings. The highest BCUT2D eigenvalue weighted by Crippen LogP contribution is 2.28. The van der Waals surface area contributed by atoms with E-state index in [4.69, 9.17) is 5.73 Å². The van der Waals surface area contributed by atoms with Gasteiger partial charge in [-0.25, -0.2) is 9.97 Å². The summed E-state index contributed by atoms with van der Waals surface area (Å²) in [5.41, 5.74) is 6.15. The molecule has 1 aromatic heterocycles. The van der Waals surface area contributed by atoms with Gasteiger partial charge in [-0.05, 0) is 24.8 Å². The van der Waals surface area contributed by atoms with E-state index in [1.165, 1.54) is 0 Å². The molecule has 0 spiro atoms. The summed E-state index contributed by atoms with van der Waals surface area (Å²) in [5, 5.41) is 2.74. The Balaban J connectivity index is 0.00000220. The largest absolute Gasteiger partial charge is 0.327 e. The number of carbonyl (C=O) groups is 1. The van der Waals surface area contributed by atoms with Gasteiger partial charge in [-0.1, -0.05) is 13.8 Å². The summed E-state index contributed by atoms with van der Waals surface area (Å²) in [4.78, 5) is 22.4. The minimum atomic E-state index is -0.217. The molecular weight excluding hydrogens is 290 g/mol. The first-order valence-corrected chi connectivity index (χ1v) is 6.97. The van der Waals surface area contributed by atoms with Crippen molar-refractivity contribution in [3.63, 3.8) is 0 Å². The molecule has 2 rings (SSSR count). The monoisotopic (exact) mass is 313 g/mol. The lowest BCUT2D eigenvalue weighted by molar-refractivity contribution is -0.122. The lowest BCUT2D eigenvalue weighted by Gasteiger charge is -2.44. The van der Waals surface area contributed by atoms with Gasteiger partial charge >= 0.3 is 0 Å². The zero-order chi connectivity index (χ0) is 14.8. The van der Waals surface area contributed by atoms with Crippen LogP contribution in [0.25, 0.3) is 0 Å². The third kappa shape index (κ3) is 4.36. The maximum absolute atomic E-state index is 12.2. The summed E-state index contributed by atoms with van der Waals surface area (Å²) in [6.07, 6.45) is 4.12. The van der Waals surface area contributed by atoms with Crippen LogP contribution < -0.4 is 11.1 Å². The number of hydrogen-bond acceptors (Lipinski definition) is 5. The summed E-state index contributed by atoms with van der Waals surface area (Å²) in [6, 6.07) is 1.69. The maximum atomic E-state index is 12.2. The van der Waals surface area contributed by atoms with Crippen molar-refractivity contribution in [2.45, 2.75) is 39.3 Å². The predicted molar refractivity (Wildman–Crippen MR) is 85.3 cm³/mol. The van der Waals surface area contributed by atoms with Gasteiger partial charge in [0, 0.05) is 31.5 Å². The number of halogens is 1. The normalized spacial score (nSPS) is 23.0. The van der Waals surface area contributed by atoms with Crippen LogP contribution in [0.2, 0.25) is 0 Å². The van der Waals surface area contributed by atoms with Crippen LogP contribution in [0, 0.1) is 5.41 Å². The first kappa shape index (κ1) is 17.8. The fourth-order valence-corrected chi connectivity index (χ4v) is 2.49. The molecule has 1 amide bonds. The van der Waals surface area contributed by atoms with Crippen molar-refractivity contribution in [2.24, 2.45) is 11.1 Å². The van der Waals surface area contributed by atoms with Gasteiger partial charge in [0.15, 0.2) is 0 Å². The van der Waals surface area contributed by atoms with Gasteiger partial charge in [0.25, 0.3) is 0 Å². The van der Waals surface area contributed by atoms with Crippen LogP contribution in [0.5, 0.6) is 0 Å². The van der Waals surface area contributed by atoms with Crippen LogP contribution >= 0.6 is 12.4 Å². The van der Waals surface area contributed by atoms with E-state index >= 15 is 0 Å². The number of amides is 1. The van der Waals surface area contributed by atoms with Gasteiger partial charge < -0.3 is 5.73 Å². The van der Waals surface area contributed by atoms with Crippen molar-refractivity contribution < 1.29 is 4.79 Å². The molecule has 2 atom stereocenters. The van der Waals surface area contributed by atoms with E-state index in [1.807, 2.05) is 6.92 Å². The summed E-state index contributed by atoms with van der Waals surface area (Å²) in [7, 11) is 0. The van der Waals surface area contributed by atoms with Crippen LogP contribution in [0.4, 0.5) is 5.95 Å². The minimum absolute atomic E-state index is 0. The molecule has 118 valence electrons. The van der Waals surface area contributed by atoms with Crippen molar-refractivity contribution in [1.29, 1.82) is 0 Å². The smallest absolute Gasteiger partial charge is 0.243 e. The molecule has 0 saturated carbocycles. The fraction of sp³-hybridized carbons (Fsp3) is 0.643. The number of carbonyl (C=O) groups excluding carboxylic acids is 1. The van der Waals surface area contributed by atoms with Gasteiger partial charge in [0.1, 0.15) is 0 Å². The quantitative estimate of drug-likeness (QED) is 0.878. The number of hydrogen-bond donors (Lipinski definition) is 2. The highest BCUT2D eigenvalue weighted by atomic mass is 35.5. The maximum Gasteiger partial charge on any atom is 0.243 e. The first-order valence-electron chi connectivity index (χ1n) is 6.97. The second kappa shape index (κ2) is 7.15. The summed E-state index contributed by atoms with van der Waals surface area (Å²) < 4.78 is 0. The fourth-order valence-electron chi connectivity index (χ4n) is 2.49. The van der Waals surface area contributed by atoms with Crippen molar-refractivity contribution in [3.05, 3.63) is 18.5 Å². The van der Waals surface area contributed by atoms with E-state index in [9.17, 15) is 4.79 Å². The molecule has 3 N–H and O–H groups in total. The van der Waals surface area contributed by atoms with Crippen molar-refractivity contribution in [1.82, 2.24) is 14.9 Å². The molecule has 2 heterocycles. The molecule has 21 heavy (non-hydrogen) atoms. The zero-order valence-electron chi connectivity index (χ0n) is 12.7. The molecule has 0 bridgehead atoms. The molecule has 0 radical (unpaired) electrons. The number of aromatic nitrogens is 2. The number of rotatable bonds is 3. The van der Waals surface area contributed by atoms with Crippen molar-refractivity contribution >= 4 is 24.3 Å². The highest BCUT2D eigenvalue weighted by molar-refractivity contribution is 5.93. The molecule has 1 aliphatic heterocycles. The predicted octanol–water partition coefficient (Wildman–Crippen LogP) is 1.28. The lowest BCUT2D eigenvalue weighted by atomic mass is 9.79. The molecular formula is C14H24ClN5O. The van der Waals surface area contributed by atoms with E-state index in [0.29, 0.717) is 5.95 Å². The first-order chi connectivity index (χ1) is 9.40. The van der Waals surface area contributed by atoms with E-state index in [-0.39, 0.29) is 35.8 Å². The molecule has 0 aromatic carbocycles. The molecule has 1 saturated heterocycles. The van der Waals surface area contributed by atoms with E-state index in [0.717, 1.165) is 19.5 Å². The van der Waals surface area contributed by atoms with E-state index in [1.54, 1.807) is 18.5 Å². The Bertz CT molecular complexity index is 468. The Hall–Kier alpha value is -1.24. The standard InChI is InChI=1S/C14H23N5O.ClH/c1-10(12(20)18-13-16-6-4-7-17-13)19-8-5-11(15)14(2,3)9-19;/h4,6-7,10-11H,5,8-9,15H2,1-3H3,(H,16,17,18,20);1H. The number of piperidine rings is 1. The molecule has 2 unspecified atom stereocenters. The van der Waals surface area contributed by atoms with Gasteiger partial charge in [0.2, 0.25) is 11.9 Å². The molecule has 1 aromatic rings. The van der Waals surface area contributed by atoms with Gasteiger partial charge in [-0.2, -0.15) is 0 Å². The Morgan fingerprint density at radius 3 is 2.67 bits per heavy atom. The highest BCUT2D eigenvalue weighted by Gasteiger charge is 2.36. The Morgan fingerprint density at radius 1 is 1.48 bits per heavy atom. The summed E-state index contributed by atoms with van der Waals surface area (Å²) in [5.74, 6) is 0.264. The minimum Gasteiger partial charge on any atom is -0.327 e. The Morgan fingerprint density at radius 2 is 2.10 bits per heavy atom. The second-order valence-corrected chi connectivity index (χ2v) is 6.09. The summed E-state index contributed by atoms with van der Waals surface area (Å²) >= 11 is 0.